The van der Waals surface area contributed by atoms with Crippen LogP contribution >= 0.6 is 15.9 Å². The normalized spacial score (nSPS) is 10.7. The van der Waals surface area contributed by atoms with Crippen LogP contribution in [0.2, 0.25) is 0 Å². The van der Waals surface area contributed by atoms with Gasteiger partial charge < -0.3 is 4.74 Å². The number of hydrogen-bond donors (Lipinski definition) is 0. The first kappa shape index (κ1) is 22.3. The second kappa shape index (κ2) is 9.30. The molecule has 0 saturated carbocycles. The van der Waals surface area contributed by atoms with Gasteiger partial charge in [-0.15, -0.1) is 0 Å². The number of ketones is 1. The number of halogens is 1. The lowest BCUT2D eigenvalue weighted by molar-refractivity contribution is -0.385. The van der Waals surface area contributed by atoms with Gasteiger partial charge in [0.2, 0.25) is 5.78 Å². The van der Waals surface area contributed by atoms with Gasteiger partial charge in [-0.3, -0.25) is 14.9 Å². The number of nitro benzene ring substituents is 1. The number of para-hydroxylation sites is 1. The molecule has 33 heavy (non-hydrogen) atoms. The molecule has 1 aromatic heterocycles. The quantitative estimate of drug-likeness (QED) is 0.140. The summed E-state index contributed by atoms with van der Waals surface area (Å²) in [6, 6.07) is 20.5. The number of carbonyl (C=O) groups is 2. The van der Waals surface area contributed by atoms with Gasteiger partial charge >= 0.3 is 5.97 Å². The zero-order valence-corrected chi connectivity index (χ0v) is 19.0. The van der Waals surface area contributed by atoms with Crippen LogP contribution < -0.4 is 0 Å². The predicted molar refractivity (Wildman–Crippen MR) is 127 cm³/mol. The summed E-state index contributed by atoms with van der Waals surface area (Å²) >= 11 is 3.40. The van der Waals surface area contributed by atoms with E-state index in [-0.39, 0.29) is 16.8 Å². The van der Waals surface area contributed by atoms with Crippen LogP contribution in [0.4, 0.5) is 5.69 Å². The molecule has 1 heterocycles. The molecule has 0 bridgehead atoms. The Morgan fingerprint density at radius 3 is 2.48 bits per heavy atom. The average molecular weight is 505 g/mol. The van der Waals surface area contributed by atoms with Gasteiger partial charge in [-0.25, -0.2) is 9.78 Å². The molecular formula is C25H17BrN2O5. The zero-order valence-electron chi connectivity index (χ0n) is 17.4. The molecule has 0 aliphatic heterocycles. The second-order valence-corrected chi connectivity index (χ2v) is 8.25. The molecule has 3 aromatic carbocycles. The topological polar surface area (TPSA) is 99.4 Å². The molecule has 0 fully saturated rings. The summed E-state index contributed by atoms with van der Waals surface area (Å²) in [6.45, 7) is 1.05. The Hall–Kier alpha value is -3.91. The van der Waals surface area contributed by atoms with Crippen LogP contribution in [0.15, 0.2) is 77.3 Å². The van der Waals surface area contributed by atoms with Crippen molar-refractivity contribution in [2.75, 3.05) is 6.61 Å². The van der Waals surface area contributed by atoms with Crippen molar-refractivity contribution < 1.29 is 19.2 Å². The number of ether oxygens (including phenoxy) is 1. The molecule has 0 spiro atoms. The number of aromatic nitrogens is 1. The predicted octanol–water partition coefficient (Wildman–Crippen LogP) is 5.92. The molecule has 0 aliphatic rings. The van der Waals surface area contributed by atoms with E-state index in [1.807, 2.05) is 30.3 Å². The minimum Gasteiger partial charge on any atom is -0.454 e. The number of pyridine rings is 1. The highest BCUT2D eigenvalue weighted by Crippen LogP contribution is 2.27. The van der Waals surface area contributed by atoms with E-state index in [1.54, 1.807) is 31.2 Å². The van der Waals surface area contributed by atoms with E-state index in [0.717, 1.165) is 10.0 Å². The summed E-state index contributed by atoms with van der Waals surface area (Å²) < 4.78 is 6.22. The Bertz CT molecular complexity index is 1400. The molecule has 0 N–H and O–H groups in total. The van der Waals surface area contributed by atoms with Crippen LogP contribution in [0.3, 0.4) is 0 Å². The highest BCUT2D eigenvalue weighted by atomic mass is 79.9. The number of hydrogen-bond acceptors (Lipinski definition) is 6. The summed E-state index contributed by atoms with van der Waals surface area (Å²) in [5.41, 5.74) is 2.69. The molecule has 7 nitrogen and oxygen atoms in total. The summed E-state index contributed by atoms with van der Waals surface area (Å²) in [4.78, 5) is 40.7. The molecule has 0 radical (unpaired) electrons. The number of esters is 1. The zero-order chi connectivity index (χ0) is 23.5. The smallest absolute Gasteiger partial charge is 0.339 e. The lowest BCUT2D eigenvalue weighted by Crippen LogP contribution is -2.15. The maximum Gasteiger partial charge on any atom is 0.339 e. The number of nitro groups is 1. The molecule has 8 heteroatoms. The largest absolute Gasteiger partial charge is 0.454 e. The fourth-order valence-electron chi connectivity index (χ4n) is 3.38. The molecule has 0 saturated heterocycles. The first-order chi connectivity index (χ1) is 15.8. The lowest BCUT2D eigenvalue weighted by Gasteiger charge is -2.10. The Labute approximate surface area is 197 Å². The number of aryl methyl sites for hydroxylation is 1. The van der Waals surface area contributed by atoms with Crippen LogP contribution in [0, 0.1) is 17.0 Å². The highest BCUT2D eigenvalue weighted by molar-refractivity contribution is 9.10. The first-order valence-electron chi connectivity index (χ1n) is 9.94. The van der Waals surface area contributed by atoms with Gasteiger partial charge in [-0.1, -0.05) is 58.4 Å². The molecule has 164 valence electrons. The Kier molecular flexibility index (Phi) is 6.28. The summed E-state index contributed by atoms with van der Waals surface area (Å²) in [5, 5.41) is 11.7. The van der Waals surface area contributed by atoms with Crippen molar-refractivity contribution in [3.8, 4) is 11.3 Å². The molecule has 0 aliphatic carbocycles. The van der Waals surface area contributed by atoms with Crippen LogP contribution in [-0.4, -0.2) is 28.3 Å². The van der Waals surface area contributed by atoms with E-state index in [1.165, 1.54) is 18.2 Å². The third-order valence-corrected chi connectivity index (χ3v) is 5.67. The van der Waals surface area contributed by atoms with Gasteiger partial charge in [0.25, 0.3) is 5.69 Å². The molecule has 0 atom stereocenters. The van der Waals surface area contributed by atoms with E-state index in [9.17, 15) is 19.7 Å². The molecule has 0 amide bonds. The van der Waals surface area contributed by atoms with Gasteiger partial charge in [0.15, 0.2) is 6.61 Å². The summed E-state index contributed by atoms with van der Waals surface area (Å²) in [6.07, 6.45) is 0. The lowest BCUT2D eigenvalue weighted by atomic mass is 10.0. The molecular weight excluding hydrogens is 488 g/mol. The second-order valence-electron chi connectivity index (χ2n) is 7.34. The van der Waals surface area contributed by atoms with Crippen molar-refractivity contribution in [2.24, 2.45) is 0 Å². The Morgan fingerprint density at radius 2 is 1.76 bits per heavy atom. The van der Waals surface area contributed by atoms with E-state index in [0.29, 0.717) is 22.2 Å². The monoisotopic (exact) mass is 504 g/mol. The van der Waals surface area contributed by atoms with Crippen molar-refractivity contribution in [3.63, 3.8) is 0 Å². The standard InChI is InChI=1S/C25H17BrN2O5/c1-15-6-7-17(12-23(15)28(31)32)24(29)14-33-25(30)20-13-22(16-8-10-18(26)11-9-16)27-21-5-3-2-4-19(20)21/h2-13H,14H2,1H3. The Balaban J connectivity index is 1.61. The number of nitrogens with zero attached hydrogens (tertiary/aromatic N) is 2. The van der Waals surface area contributed by atoms with Crippen molar-refractivity contribution in [1.29, 1.82) is 0 Å². The van der Waals surface area contributed by atoms with Crippen molar-refractivity contribution in [3.05, 3.63) is 104 Å². The van der Waals surface area contributed by atoms with Gasteiger partial charge in [0.1, 0.15) is 0 Å². The average Bonchev–Trinajstić information content (AvgIpc) is 2.82. The van der Waals surface area contributed by atoms with E-state index < -0.39 is 23.3 Å². The third kappa shape index (κ3) is 4.80. The minimum absolute atomic E-state index is 0.107. The third-order valence-electron chi connectivity index (χ3n) is 5.14. The van der Waals surface area contributed by atoms with Crippen LogP contribution in [-0.2, 0) is 4.74 Å². The van der Waals surface area contributed by atoms with E-state index in [4.69, 9.17) is 4.74 Å². The van der Waals surface area contributed by atoms with E-state index in [2.05, 4.69) is 20.9 Å². The van der Waals surface area contributed by atoms with Gasteiger partial charge in [0.05, 0.1) is 21.7 Å². The SMILES string of the molecule is Cc1ccc(C(=O)COC(=O)c2cc(-c3ccc(Br)cc3)nc3ccccc23)cc1[N+](=O)[O-]. The van der Waals surface area contributed by atoms with Crippen molar-refractivity contribution in [1.82, 2.24) is 4.98 Å². The fraction of sp³-hybridized carbons (Fsp3) is 0.0800. The van der Waals surface area contributed by atoms with Crippen molar-refractivity contribution >= 4 is 44.3 Å². The van der Waals surface area contributed by atoms with E-state index >= 15 is 0 Å². The Morgan fingerprint density at radius 1 is 1.03 bits per heavy atom. The summed E-state index contributed by atoms with van der Waals surface area (Å²) in [7, 11) is 0. The van der Waals surface area contributed by atoms with Crippen molar-refractivity contribution in [2.45, 2.75) is 6.92 Å². The first-order valence-corrected chi connectivity index (χ1v) is 10.7. The number of benzene rings is 3. The van der Waals surface area contributed by atoms with Crippen LogP contribution in [0.5, 0.6) is 0 Å². The molecule has 4 rings (SSSR count). The minimum atomic E-state index is -0.679. The number of rotatable bonds is 6. The van der Waals surface area contributed by atoms with Gasteiger partial charge in [0, 0.05) is 32.6 Å². The summed E-state index contributed by atoms with van der Waals surface area (Å²) in [5.74, 6) is -1.21. The maximum atomic E-state index is 12.9. The molecule has 0 unspecified atom stereocenters. The molecule has 4 aromatic rings. The highest BCUT2D eigenvalue weighted by Gasteiger charge is 2.19. The maximum absolute atomic E-state index is 12.9. The van der Waals surface area contributed by atoms with Gasteiger partial charge in [-0.2, -0.15) is 0 Å². The van der Waals surface area contributed by atoms with Crippen LogP contribution in [0.1, 0.15) is 26.3 Å². The number of fused-ring (bicyclic) bond motifs is 1. The number of Topliss-reactive ketones (excluding diaryl/α,β-unsaturated/α-hetero) is 1. The number of carbonyl (C=O) groups excluding carboxylic acids is 2. The fourth-order valence-corrected chi connectivity index (χ4v) is 3.65. The van der Waals surface area contributed by atoms with Crippen LogP contribution in [0.25, 0.3) is 22.2 Å². The van der Waals surface area contributed by atoms with Gasteiger partial charge in [-0.05, 0) is 31.2 Å².